The van der Waals surface area contributed by atoms with Gasteiger partial charge in [-0.2, -0.15) is 0 Å². The van der Waals surface area contributed by atoms with Crippen molar-refractivity contribution in [3.8, 4) is 16.9 Å². The minimum Gasteiger partial charge on any atom is -0.493 e. The Morgan fingerprint density at radius 3 is 2.27 bits per heavy atom. The lowest BCUT2D eigenvalue weighted by Crippen LogP contribution is -2.09. The third kappa shape index (κ3) is 4.70. The van der Waals surface area contributed by atoms with E-state index in [9.17, 15) is 4.79 Å². The van der Waals surface area contributed by atoms with Crippen LogP contribution < -0.4 is 10.1 Å². The van der Waals surface area contributed by atoms with Crippen molar-refractivity contribution in [3.63, 3.8) is 0 Å². The fraction of sp³-hybridized carbons (Fsp3) is 0.207. The molecular weight excluding hydrogens is 410 g/mol. The van der Waals surface area contributed by atoms with E-state index >= 15 is 0 Å². The number of fused-ring (bicyclic) bond motifs is 1. The molecule has 0 unspecified atom stereocenters. The van der Waals surface area contributed by atoms with E-state index in [2.05, 4.69) is 42.6 Å². The Kier molecular flexibility index (Phi) is 6.36. The molecule has 0 atom stereocenters. The maximum Gasteiger partial charge on any atom is 0.248 e. The summed E-state index contributed by atoms with van der Waals surface area (Å²) in [7, 11) is 0. The zero-order valence-corrected chi connectivity index (χ0v) is 19.8. The number of anilines is 1. The molecule has 0 bridgehead atoms. The molecule has 3 aromatic carbocycles. The van der Waals surface area contributed by atoms with Gasteiger partial charge in [-0.3, -0.25) is 4.79 Å². The van der Waals surface area contributed by atoms with Crippen LogP contribution in [-0.4, -0.2) is 12.5 Å². The van der Waals surface area contributed by atoms with Crippen LogP contribution in [0.15, 0.2) is 71.4 Å². The van der Waals surface area contributed by atoms with Gasteiger partial charge in [-0.15, -0.1) is 0 Å². The van der Waals surface area contributed by atoms with Crippen molar-refractivity contribution in [2.75, 3.05) is 11.9 Å². The highest BCUT2D eigenvalue weighted by molar-refractivity contribution is 6.06. The van der Waals surface area contributed by atoms with Gasteiger partial charge in [0.1, 0.15) is 11.3 Å². The molecular formula is C29H29NO3. The van der Waals surface area contributed by atoms with Crippen LogP contribution in [0.25, 0.3) is 27.7 Å². The van der Waals surface area contributed by atoms with Crippen molar-refractivity contribution in [3.05, 3.63) is 89.2 Å². The molecule has 1 amide bonds. The fourth-order valence-corrected chi connectivity index (χ4v) is 3.99. The van der Waals surface area contributed by atoms with Gasteiger partial charge in [-0.05, 0) is 64.0 Å². The molecule has 33 heavy (non-hydrogen) atoms. The summed E-state index contributed by atoms with van der Waals surface area (Å²) in [5, 5.41) is 3.94. The number of furan rings is 1. The maximum atomic E-state index is 12.7. The summed E-state index contributed by atoms with van der Waals surface area (Å²) in [5.41, 5.74) is 8.67. The number of hydrogen-bond donors (Lipinski definition) is 1. The molecule has 0 aliphatic carbocycles. The molecule has 4 heteroatoms. The molecule has 1 heterocycles. The summed E-state index contributed by atoms with van der Waals surface area (Å²) in [6.45, 7) is 10.5. The number of carbonyl (C=O) groups is 1. The number of benzene rings is 3. The highest BCUT2D eigenvalue weighted by Crippen LogP contribution is 2.40. The van der Waals surface area contributed by atoms with Crippen molar-refractivity contribution in [1.29, 1.82) is 0 Å². The van der Waals surface area contributed by atoms with Crippen LogP contribution in [0.3, 0.4) is 0 Å². The molecule has 1 N–H and O–H groups in total. The predicted octanol–water partition coefficient (Wildman–Crippen LogP) is 7.47. The summed E-state index contributed by atoms with van der Waals surface area (Å²) < 4.78 is 12.0. The van der Waals surface area contributed by atoms with E-state index in [-0.39, 0.29) is 5.91 Å². The summed E-state index contributed by atoms with van der Waals surface area (Å²) >= 11 is 0. The Morgan fingerprint density at radius 1 is 1.00 bits per heavy atom. The largest absolute Gasteiger partial charge is 0.493 e. The Hall–Kier alpha value is -3.79. The highest BCUT2D eigenvalue weighted by Gasteiger charge is 2.19. The summed E-state index contributed by atoms with van der Waals surface area (Å²) in [5.74, 6) is 0.564. The van der Waals surface area contributed by atoms with Gasteiger partial charge in [0.2, 0.25) is 5.91 Å². The normalized spacial score (nSPS) is 11.6. The molecule has 0 aliphatic rings. The van der Waals surface area contributed by atoms with Crippen LogP contribution in [0.2, 0.25) is 0 Å². The van der Waals surface area contributed by atoms with E-state index < -0.39 is 0 Å². The van der Waals surface area contributed by atoms with E-state index in [1.54, 1.807) is 12.3 Å². The van der Waals surface area contributed by atoms with Gasteiger partial charge in [0, 0.05) is 33.8 Å². The van der Waals surface area contributed by atoms with Gasteiger partial charge in [-0.1, -0.05) is 47.5 Å². The second-order valence-corrected chi connectivity index (χ2v) is 8.39. The summed E-state index contributed by atoms with van der Waals surface area (Å²) in [6.07, 6.45) is 3.42. The van der Waals surface area contributed by atoms with E-state index in [0.717, 1.165) is 55.8 Å². The molecule has 4 nitrogen and oxygen atoms in total. The second kappa shape index (κ2) is 9.37. The second-order valence-electron chi connectivity index (χ2n) is 8.39. The first-order valence-corrected chi connectivity index (χ1v) is 11.2. The molecule has 1 aromatic heterocycles. The van der Waals surface area contributed by atoms with Gasteiger partial charge in [-0.25, -0.2) is 0 Å². The Bertz CT molecular complexity index is 1330. The quantitative estimate of drug-likeness (QED) is 0.317. The van der Waals surface area contributed by atoms with Crippen LogP contribution in [0.4, 0.5) is 5.69 Å². The predicted molar refractivity (Wildman–Crippen MR) is 136 cm³/mol. The van der Waals surface area contributed by atoms with E-state index in [0.29, 0.717) is 6.61 Å². The van der Waals surface area contributed by atoms with Crippen molar-refractivity contribution in [2.24, 2.45) is 0 Å². The SMILES string of the molecule is CCOc1c(/C(C)=C/C(=O)Nc2ccc(C)cc2)cc2c(-c3ccc(C)cc3)coc2c1C. The van der Waals surface area contributed by atoms with Crippen LogP contribution in [-0.2, 0) is 4.79 Å². The Morgan fingerprint density at radius 2 is 1.64 bits per heavy atom. The first-order chi connectivity index (χ1) is 15.9. The Labute approximate surface area is 194 Å². The molecule has 0 spiro atoms. The van der Waals surface area contributed by atoms with Crippen molar-refractivity contribution >= 4 is 28.1 Å². The number of rotatable bonds is 6. The summed E-state index contributed by atoms with van der Waals surface area (Å²) in [4.78, 5) is 12.7. The average Bonchev–Trinajstić information content (AvgIpc) is 3.22. The fourth-order valence-electron chi connectivity index (χ4n) is 3.99. The lowest BCUT2D eigenvalue weighted by atomic mass is 9.96. The number of nitrogens with one attached hydrogen (secondary N) is 1. The van der Waals surface area contributed by atoms with Gasteiger partial charge >= 0.3 is 0 Å². The van der Waals surface area contributed by atoms with Crippen LogP contribution in [0, 0.1) is 20.8 Å². The lowest BCUT2D eigenvalue weighted by molar-refractivity contribution is -0.111. The van der Waals surface area contributed by atoms with Crippen LogP contribution >= 0.6 is 0 Å². The highest BCUT2D eigenvalue weighted by atomic mass is 16.5. The lowest BCUT2D eigenvalue weighted by Gasteiger charge is -2.15. The zero-order valence-electron chi connectivity index (χ0n) is 19.8. The van der Waals surface area contributed by atoms with Gasteiger partial charge in [0.05, 0.1) is 12.9 Å². The third-order valence-corrected chi connectivity index (χ3v) is 5.79. The van der Waals surface area contributed by atoms with Crippen LogP contribution in [0.5, 0.6) is 5.75 Å². The van der Waals surface area contributed by atoms with Crippen molar-refractivity contribution in [1.82, 2.24) is 0 Å². The molecule has 0 fully saturated rings. The molecule has 0 saturated carbocycles. The summed E-state index contributed by atoms with van der Waals surface area (Å²) in [6, 6.07) is 18.2. The molecule has 4 aromatic rings. The van der Waals surface area contributed by atoms with Gasteiger partial charge in [0.15, 0.2) is 0 Å². The third-order valence-electron chi connectivity index (χ3n) is 5.79. The van der Waals surface area contributed by atoms with E-state index in [1.807, 2.05) is 52.0 Å². The van der Waals surface area contributed by atoms with E-state index in [1.165, 1.54) is 5.56 Å². The molecule has 0 saturated heterocycles. The number of allylic oxidation sites excluding steroid dienone is 1. The number of ether oxygens (including phenoxy) is 1. The van der Waals surface area contributed by atoms with Gasteiger partial charge < -0.3 is 14.5 Å². The minimum absolute atomic E-state index is 0.178. The smallest absolute Gasteiger partial charge is 0.248 e. The van der Waals surface area contributed by atoms with Crippen molar-refractivity contribution < 1.29 is 13.9 Å². The number of hydrogen-bond acceptors (Lipinski definition) is 3. The first-order valence-electron chi connectivity index (χ1n) is 11.2. The first kappa shape index (κ1) is 22.4. The van der Waals surface area contributed by atoms with Gasteiger partial charge in [0.25, 0.3) is 0 Å². The molecule has 0 radical (unpaired) electrons. The zero-order chi connectivity index (χ0) is 23.5. The molecule has 4 rings (SSSR count). The molecule has 168 valence electrons. The molecule has 0 aliphatic heterocycles. The number of carbonyl (C=O) groups excluding carboxylic acids is 1. The average molecular weight is 440 g/mol. The van der Waals surface area contributed by atoms with E-state index in [4.69, 9.17) is 9.15 Å². The number of aryl methyl sites for hydroxylation is 3. The maximum absolute atomic E-state index is 12.7. The minimum atomic E-state index is -0.178. The van der Waals surface area contributed by atoms with Crippen LogP contribution in [0.1, 0.15) is 36.1 Å². The monoisotopic (exact) mass is 439 g/mol. The number of amides is 1. The topological polar surface area (TPSA) is 51.5 Å². The Balaban J connectivity index is 1.77. The van der Waals surface area contributed by atoms with Crippen molar-refractivity contribution in [2.45, 2.75) is 34.6 Å². The standard InChI is InChI=1S/C29H29NO3/c1-6-32-28-21(5)29-25(26(17-33-29)22-11-7-18(2)8-12-22)16-24(28)20(4)15-27(31)30-23-13-9-19(3)10-14-23/h7-17H,6H2,1-5H3,(H,30,31)/b20-15+.